The molecule has 0 saturated heterocycles. The SMILES string of the molecule is C[C@@H](NC(=O)c1sc2cc(Cl)ccc2c1Cl)C12CC3CC(CC(C3)C1)C2. The molecule has 4 saturated carbocycles. The summed E-state index contributed by atoms with van der Waals surface area (Å²) < 4.78 is 0.968. The summed E-state index contributed by atoms with van der Waals surface area (Å²) in [5.74, 6) is 2.62. The van der Waals surface area contributed by atoms with E-state index in [0.717, 1.165) is 27.8 Å². The predicted octanol–water partition coefficient (Wildman–Crippen LogP) is 6.54. The zero-order valence-electron chi connectivity index (χ0n) is 14.9. The van der Waals surface area contributed by atoms with Crippen LogP contribution in [0.1, 0.15) is 55.1 Å². The highest BCUT2D eigenvalue weighted by Gasteiger charge is 2.53. The maximum absolute atomic E-state index is 13.0. The first-order valence-corrected chi connectivity index (χ1v) is 11.2. The van der Waals surface area contributed by atoms with E-state index in [1.807, 2.05) is 18.2 Å². The molecule has 6 rings (SSSR count). The minimum atomic E-state index is -0.0319. The van der Waals surface area contributed by atoms with Crippen molar-refractivity contribution in [2.24, 2.45) is 23.2 Å². The van der Waals surface area contributed by atoms with Crippen molar-refractivity contribution in [3.63, 3.8) is 0 Å². The Kier molecular flexibility index (Phi) is 4.08. The molecule has 0 unspecified atom stereocenters. The maximum Gasteiger partial charge on any atom is 0.263 e. The highest BCUT2D eigenvalue weighted by atomic mass is 35.5. The van der Waals surface area contributed by atoms with Crippen LogP contribution in [0.4, 0.5) is 0 Å². The topological polar surface area (TPSA) is 29.1 Å². The van der Waals surface area contributed by atoms with Gasteiger partial charge in [0, 0.05) is 21.2 Å². The molecular formula is C21H23Cl2NOS. The molecule has 0 spiro atoms. The van der Waals surface area contributed by atoms with E-state index in [4.69, 9.17) is 23.2 Å². The summed E-state index contributed by atoms with van der Waals surface area (Å²) in [5.41, 5.74) is 0.302. The van der Waals surface area contributed by atoms with Gasteiger partial charge in [0.25, 0.3) is 5.91 Å². The van der Waals surface area contributed by atoms with Crippen LogP contribution in [0.2, 0.25) is 10.0 Å². The van der Waals surface area contributed by atoms with Crippen LogP contribution in [0.15, 0.2) is 18.2 Å². The van der Waals surface area contributed by atoms with E-state index in [-0.39, 0.29) is 11.9 Å². The average molecular weight is 408 g/mol. The van der Waals surface area contributed by atoms with Gasteiger partial charge in [0.05, 0.1) is 5.02 Å². The first-order chi connectivity index (χ1) is 12.4. The molecule has 1 aromatic heterocycles. The predicted molar refractivity (Wildman–Crippen MR) is 109 cm³/mol. The molecule has 26 heavy (non-hydrogen) atoms. The Labute approximate surface area is 168 Å². The number of fused-ring (bicyclic) bond motifs is 1. The van der Waals surface area contributed by atoms with Gasteiger partial charge in [-0.25, -0.2) is 0 Å². The van der Waals surface area contributed by atoms with Crippen molar-refractivity contribution < 1.29 is 4.79 Å². The smallest absolute Gasteiger partial charge is 0.263 e. The molecule has 4 fully saturated rings. The Balaban J connectivity index is 1.39. The third kappa shape index (κ3) is 2.70. The highest BCUT2D eigenvalue weighted by Crippen LogP contribution is 2.61. The van der Waals surface area contributed by atoms with Crippen LogP contribution in [-0.2, 0) is 0 Å². The second-order valence-corrected chi connectivity index (χ2v) is 10.7. The van der Waals surface area contributed by atoms with E-state index < -0.39 is 0 Å². The lowest BCUT2D eigenvalue weighted by molar-refractivity contribution is -0.0687. The Bertz CT molecular complexity index is 854. The zero-order valence-corrected chi connectivity index (χ0v) is 17.2. The molecule has 0 radical (unpaired) electrons. The molecular weight excluding hydrogens is 385 g/mol. The van der Waals surface area contributed by atoms with E-state index in [1.54, 1.807) is 0 Å². The number of halogens is 2. The first kappa shape index (κ1) is 17.3. The molecule has 5 heteroatoms. The normalized spacial score (nSPS) is 33.6. The Hall–Kier alpha value is -0.770. The summed E-state index contributed by atoms with van der Waals surface area (Å²) >= 11 is 14.0. The molecule has 1 aromatic carbocycles. The lowest BCUT2D eigenvalue weighted by Gasteiger charge is -2.59. The number of hydrogen-bond acceptors (Lipinski definition) is 2. The molecule has 1 atom stereocenters. The van der Waals surface area contributed by atoms with E-state index in [2.05, 4.69) is 12.2 Å². The van der Waals surface area contributed by atoms with Crippen molar-refractivity contribution in [1.29, 1.82) is 0 Å². The number of hydrogen-bond donors (Lipinski definition) is 1. The summed E-state index contributed by atoms with van der Waals surface area (Å²) in [5, 5.41) is 5.46. The Morgan fingerprint density at radius 1 is 1.15 bits per heavy atom. The van der Waals surface area contributed by atoms with Gasteiger partial charge in [0.2, 0.25) is 0 Å². The van der Waals surface area contributed by atoms with Crippen LogP contribution in [0.3, 0.4) is 0 Å². The van der Waals surface area contributed by atoms with Crippen molar-refractivity contribution in [2.75, 3.05) is 0 Å². The largest absolute Gasteiger partial charge is 0.348 e. The fourth-order valence-corrected chi connectivity index (χ4v) is 8.00. The van der Waals surface area contributed by atoms with Gasteiger partial charge >= 0.3 is 0 Å². The van der Waals surface area contributed by atoms with E-state index in [1.165, 1.54) is 49.9 Å². The van der Waals surface area contributed by atoms with Crippen molar-refractivity contribution in [1.82, 2.24) is 5.32 Å². The van der Waals surface area contributed by atoms with Gasteiger partial charge in [-0.2, -0.15) is 0 Å². The van der Waals surface area contributed by atoms with Crippen molar-refractivity contribution in [3.05, 3.63) is 33.1 Å². The van der Waals surface area contributed by atoms with Crippen LogP contribution in [-0.4, -0.2) is 11.9 Å². The third-order valence-corrected chi connectivity index (χ3v) is 9.04. The van der Waals surface area contributed by atoms with Gasteiger partial charge in [-0.05, 0) is 80.8 Å². The number of thiophene rings is 1. The Morgan fingerprint density at radius 2 is 1.77 bits per heavy atom. The molecule has 4 bridgehead atoms. The van der Waals surface area contributed by atoms with Gasteiger partial charge in [-0.3, -0.25) is 4.79 Å². The minimum Gasteiger partial charge on any atom is -0.348 e. The molecule has 1 amide bonds. The summed E-state index contributed by atoms with van der Waals surface area (Å²) in [7, 11) is 0. The maximum atomic E-state index is 13.0. The fraction of sp³-hybridized carbons (Fsp3) is 0.571. The number of nitrogens with one attached hydrogen (secondary N) is 1. The highest BCUT2D eigenvalue weighted by molar-refractivity contribution is 7.21. The molecule has 2 nitrogen and oxygen atoms in total. The van der Waals surface area contributed by atoms with E-state index >= 15 is 0 Å². The van der Waals surface area contributed by atoms with Gasteiger partial charge in [0.1, 0.15) is 4.88 Å². The lowest BCUT2D eigenvalue weighted by atomic mass is 9.48. The van der Waals surface area contributed by atoms with Crippen molar-refractivity contribution in [2.45, 2.75) is 51.5 Å². The van der Waals surface area contributed by atoms with Gasteiger partial charge in [-0.15, -0.1) is 11.3 Å². The van der Waals surface area contributed by atoms with Crippen LogP contribution in [0.25, 0.3) is 10.1 Å². The fourth-order valence-electron chi connectivity index (χ4n) is 6.31. The van der Waals surface area contributed by atoms with Gasteiger partial charge in [-0.1, -0.05) is 29.3 Å². The summed E-state index contributed by atoms with van der Waals surface area (Å²) in [6.45, 7) is 2.21. The quantitative estimate of drug-likeness (QED) is 0.614. The number of amides is 1. The molecule has 138 valence electrons. The summed E-state index contributed by atoms with van der Waals surface area (Å²) in [6.07, 6.45) is 8.12. The second kappa shape index (κ2) is 6.12. The van der Waals surface area contributed by atoms with E-state index in [0.29, 0.717) is 20.3 Å². The molecule has 1 N–H and O–H groups in total. The number of carbonyl (C=O) groups is 1. The third-order valence-electron chi connectivity index (χ3n) is 7.15. The monoisotopic (exact) mass is 407 g/mol. The van der Waals surface area contributed by atoms with Crippen LogP contribution in [0.5, 0.6) is 0 Å². The molecule has 4 aliphatic carbocycles. The first-order valence-electron chi connectivity index (χ1n) is 9.62. The standard InChI is InChI=1S/C21H23Cl2NOS/c1-11(21-8-12-4-13(9-21)6-14(5-12)10-21)24-20(25)19-18(23)16-3-2-15(22)7-17(16)26-19/h2-3,7,11-14H,4-6,8-10H2,1H3,(H,24,25)/t11-,12?,13?,14?,21?/m1/s1. The van der Waals surface area contributed by atoms with Crippen LogP contribution < -0.4 is 5.32 Å². The molecule has 4 aliphatic rings. The lowest BCUT2D eigenvalue weighted by Crippen LogP contribution is -2.55. The zero-order chi connectivity index (χ0) is 18.1. The van der Waals surface area contributed by atoms with Gasteiger partial charge in [0.15, 0.2) is 0 Å². The number of carbonyl (C=O) groups excluding carboxylic acids is 1. The Morgan fingerprint density at radius 3 is 2.38 bits per heavy atom. The summed E-state index contributed by atoms with van der Waals surface area (Å²) in [6, 6.07) is 5.80. The van der Waals surface area contributed by atoms with Crippen LogP contribution in [0, 0.1) is 23.2 Å². The van der Waals surface area contributed by atoms with Crippen LogP contribution >= 0.6 is 34.5 Å². The number of benzene rings is 1. The van der Waals surface area contributed by atoms with E-state index in [9.17, 15) is 4.79 Å². The molecule has 1 heterocycles. The van der Waals surface area contributed by atoms with Crippen molar-refractivity contribution >= 4 is 50.5 Å². The average Bonchev–Trinajstić information content (AvgIpc) is 2.89. The summed E-state index contributed by atoms with van der Waals surface area (Å²) in [4.78, 5) is 13.6. The number of rotatable bonds is 3. The molecule has 2 aromatic rings. The van der Waals surface area contributed by atoms with Gasteiger partial charge < -0.3 is 5.32 Å². The minimum absolute atomic E-state index is 0.0319. The van der Waals surface area contributed by atoms with Crippen molar-refractivity contribution in [3.8, 4) is 0 Å². The molecule has 0 aliphatic heterocycles. The second-order valence-electron chi connectivity index (χ2n) is 8.86.